The van der Waals surface area contributed by atoms with Crippen LogP contribution in [0, 0.1) is 13.8 Å². The average Bonchev–Trinajstić information content (AvgIpc) is 3.15. The molecule has 0 spiro atoms. The van der Waals surface area contributed by atoms with E-state index in [1.54, 1.807) is 40.2 Å². The molecule has 2 aromatic heterocycles. The predicted octanol–water partition coefficient (Wildman–Crippen LogP) is 6.96. The van der Waals surface area contributed by atoms with E-state index in [4.69, 9.17) is 16.6 Å². The maximum Gasteiger partial charge on any atom is 0.267 e. The Kier molecular flexibility index (Phi) is 7.99. The Labute approximate surface area is 218 Å². The van der Waals surface area contributed by atoms with Crippen LogP contribution in [0.2, 0.25) is 5.02 Å². The molecule has 35 heavy (non-hydrogen) atoms. The second kappa shape index (κ2) is 11.0. The number of aromatic nitrogens is 2. The maximum absolute atomic E-state index is 13.7. The highest BCUT2D eigenvalue weighted by Crippen LogP contribution is 2.31. The van der Waals surface area contributed by atoms with Gasteiger partial charge in [-0.25, -0.2) is 4.98 Å². The lowest BCUT2D eigenvalue weighted by molar-refractivity contribution is -0.113. The highest BCUT2D eigenvalue weighted by atomic mass is 35.5. The van der Waals surface area contributed by atoms with Crippen LogP contribution in [-0.4, -0.2) is 21.2 Å². The van der Waals surface area contributed by atoms with Crippen molar-refractivity contribution in [3.63, 3.8) is 0 Å². The Morgan fingerprint density at radius 2 is 1.89 bits per heavy atom. The van der Waals surface area contributed by atoms with Gasteiger partial charge >= 0.3 is 0 Å². The number of thiophene rings is 1. The van der Waals surface area contributed by atoms with E-state index in [-0.39, 0.29) is 17.2 Å². The van der Waals surface area contributed by atoms with Crippen molar-refractivity contribution in [3.05, 3.63) is 79.4 Å². The van der Waals surface area contributed by atoms with Crippen molar-refractivity contribution in [2.24, 2.45) is 0 Å². The topological polar surface area (TPSA) is 64.0 Å². The minimum Gasteiger partial charge on any atom is -0.325 e. The molecule has 8 heteroatoms. The molecule has 0 unspecified atom stereocenters. The van der Waals surface area contributed by atoms with E-state index in [2.05, 4.69) is 19.2 Å². The third-order valence-corrected chi connectivity index (χ3v) is 8.37. The fourth-order valence-electron chi connectivity index (χ4n) is 4.10. The van der Waals surface area contributed by atoms with E-state index < -0.39 is 0 Å². The van der Waals surface area contributed by atoms with E-state index in [9.17, 15) is 9.59 Å². The lowest BCUT2D eigenvalue weighted by Gasteiger charge is -2.14. The van der Waals surface area contributed by atoms with Gasteiger partial charge in [0, 0.05) is 15.6 Å². The second-order valence-corrected chi connectivity index (χ2v) is 10.9. The number of halogens is 1. The van der Waals surface area contributed by atoms with Gasteiger partial charge in [0.2, 0.25) is 5.91 Å². The minimum atomic E-state index is -0.134. The lowest BCUT2D eigenvalue weighted by atomic mass is 10.1. The van der Waals surface area contributed by atoms with E-state index in [0.29, 0.717) is 21.3 Å². The minimum absolute atomic E-state index is 0.122. The number of rotatable bonds is 8. The number of hydrogen-bond acceptors (Lipinski definition) is 5. The van der Waals surface area contributed by atoms with Crippen LogP contribution >= 0.6 is 34.7 Å². The molecule has 0 saturated carbocycles. The summed E-state index contributed by atoms with van der Waals surface area (Å²) in [5.41, 5.74) is 4.52. The molecule has 5 nitrogen and oxygen atoms in total. The molecular formula is C27H28ClN3O2S2. The Balaban J connectivity index is 1.72. The number of carbonyl (C=O) groups is 1. The molecule has 0 aliphatic rings. The standard InChI is InChI=1S/C27H28ClN3O2S2/c1-5-8-21-17(4)23-25(35-21)30-27(31(26(23)33)20-13-11-19(28)12-14-20)34-15-22(32)29-24-16(3)9-7-10-18(24)6-2/h7,9-14H,5-6,8,15H2,1-4H3,(H,29,32). The van der Waals surface area contributed by atoms with Crippen molar-refractivity contribution in [1.29, 1.82) is 0 Å². The maximum atomic E-state index is 13.7. The Morgan fingerprint density at radius 3 is 2.57 bits per heavy atom. The van der Waals surface area contributed by atoms with E-state index in [1.165, 1.54) is 16.6 Å². The number of para-hydroxylation sites is 1. The second-order valence-electron chi connectivity index (χ2n) is 8.39. The van der Waals surface area contributed by atoms with Crippen molar-refractivity contribution in [1.82, 2.24) is 9.55 Å². The van der Waals surface area contributed by atoms with Crippen LogP contribution in [0.1, 0.15) is 41.8 Å². The zero-order valence-corrected chi connectivity index (χ0v) is 22.7. The summed E-state index contributed by atoms with van der Waals surface area (Å²) in [6, 6.07) is 13.1. The largest absolute Gasteiger partial charge is 0.325 e. The molecule has 1 N–H and O–H groups in total. The summed E-state index contributed by atoms with van der Waals surface area (Å²) >= 11 is 8.93. The predicted molar refractivity (Wildman–Crippen MR) is 149 cm³/mol. The van der Waals surface area contributed by atoms with E-state index >= 15 is 0 Å². The quantitative estimate of drug-likeness (QED) is 0.199. The number of aryl methyl sites for hydroxylation is 4. The van der Waals surface area contributed by atoms with Gasteiger partial charge in [-0.2, -0.15) is 0 Å². The first-order chi connectivity index (χ1) is 16.8. The summed E-state index contributed by atoms with van der Waals surface area (Å²) in [5, 5.41) is 4.79. The fourth-order valence-corrected chi connectivity index (χ4v) is 6.36. The van der Waals surface area contributed by atoms with Gasteiger partial charge in [-0.05, 0) is 67.6 Å². The van der Waals surface area contributed by atoms with Gasteiger partial charge in [0.15, 0.2) is 5.16 Å². The number of benzene rings is 2. The van der Waals surface area contributed by atoms with Crippen molar-refractivity contribution in [2.75, 3.05) is 11.1 Å². The van der Waals surface area contributed by atoms with Gasteiger partial charge in [-0.3, -0.25) is 14.2 Å². The molecule has 0 fully saturated rings. The first-order valence-electron chi connectivity index (χ1n) is 11.7. The molecule has 0 aliphatic carbocycles. The van der Waals surface area contributed by atoms with Gasteiger partial charge in [0.1, 0.15) is 4.83 Å². The van der Waals surface area contributed by atoms with Crippen molar-refractivity contribution < 1.29 is 4.79 Å². The van der Waals surface area contributed by atoms with E-state index in [0.717, 1.165) is 46.5 Å². The summed E-state index contributed by atoms with van der Waals surface area (Å²) in [5.74, 6) is -0.000101. The fraction of sp³-hybridized carbons (Fsp3) is 0.296. The first kappa shape index (κ1) is 25.5. The van der Waals surface area contributed by atoms with Gasteiger partial charge in [0.25, 0.3) is 5.56 Å². The van der Waals surface area contributed by atoms with Gasteiger partial charge < -0.3 is 5.32 Å². The summed E-state index contributed by atoms with van der Waals surface area (Å²) in [6.45, 7) is 8.18. The van der Waals surface area contributed by atoms with Gasteiger partial charge in [-0.1, -0.05) is 61.8 Å². The third kappa shape index (κ3) is 5.32. The molecule has 2 aromatic carbocycles. The first-order valence-corrected chi connectivity index (χ1v) is 13.8. The zero-order valence-electron chi connectivity index (χ0n) is 20.3. The molecule has 0 bridgehead atoms. The number of nitrogens with one attached hydrogen (secondary N) is 1. The molecule has 0 saturated heterocycles. The monoisotopic (exact) mass is 525 g/mol. The number of anilines is 1. The zero-order chi connectivity index (χ0) is 25.1. The molecular weight excluding hydrogens is 498 g/mol. The average molecular weight is 526 g/mol. The molecule has 2 heterocycles. The summed E-state index contributed by atoms with van der Waals surface area (Å²) in [4.78, 5) is 33.4. The third-order valence-electron chi connectivity index (χ3n) is 5.93. The molecule has 182 valence electrons. The molecule has 0 atom stereocenters. The van der Waals surface area contributed by atoms with Crippen LogP contribution in [0.3, 0.4) is 0 Å². The summed E-state index contributed by atoms with van der Waals surface area (Å²) < 4.78 is 1.59. The lowest BCUT2D eigenvalue weighted by Crippen LogP contribution is -2.23. The Morgan fingerprint density at radius 1 is 1.14 bits per heavy atom. The number of fused-ring (bicyclic) bond motifs is 1. The molecule has 0 radical (unpaired) electrons. The van der Waals surface area contributed by atoms with Crippen LogP contribution in [0.25, 0.3) is 15.9 Å². The van der Waals surface area contributed by atoms with Crippen LogP contribution < -0.4 is 10.9 Å². The van der Waals surface area contributed by atoms with E-state index in [1.807, 2.05) is 32.0 Å². The summed E-state index contributed by atoms with van der Waals surface area (Å²) in [6.07, 6.45) is 2.74. The molecule has 4 rings (SSSR count). The molecule has 4 aromatic rings. The van der Waals surface area contributed by atoms with Gasteiger partial charge in [0.05, 0.1) is 16.8 Å². The molecule has 0 aliphatic heterocycles. The Hall–Kier alpha value is -2.61. The highest BCUT2D eigenvalue weighted by Gasteiger charge is 2.20. The van der Waals surface area contributed by atoms with Crippen LogP contribution in [0.4, 0.5) is 5.69 Å². The number of thioether (sulfide) groups is 1. The Bertz CT molecular complexity index is 1440. The smallest absolute Gasteiger partial charge is 0.267 e. The SMILES string of the molecule is CCCc1sc2nc(SCC(=O)Nc3c(C)cccc3CC)n(-c3ccc(Cl)cc3)c(=O)c2c1C. The number of nitrogens with zero attached hydrogens (tertiary/aromatic N) is 2. The van der Waals surface area contributed by atoms with Crippen LogP contribution in [-0.2, 0) is 17.6 Å². The van der Waals surface area contributed by atoms with Crippen molar-refractivity contribution >= 4 is 56.5 Å². The number of hydrogen-bond donors (Lipinski definition) is 1. The molecule has 1 amide bonds. The normalized spacial score (nSPS) is 11.2. The van der Waals surface area contributed by atoms with Crippen molar-refractivity contribution in [2.45, 2.75) is 52.1 Å². The van der Waals surface area contributed by atoms with Gasteiger partial charge in [-0.15, -0.1) is 11.3 Å². The number of amides is 1. The van der Waals surface area contributed by atoms with Crippen LogP contribution in [0.5, 0.6) is 0 Å². The van der Waals surface area contributed by atoms with Crippen molar-refractivity contribution in [3.8, 4) is 5.69 Å². The van der Waals surface area contributed by atoms with Crippen LogP contribution in [0.15, 0.2) is 52.4 Å². The highest BCUT2D eigenvalue weighted by molar-refractivity contribution is 7.99. The number of carbonyl (C=O) groups excluding carboxylic acids is 1. The summed E-state index contributed by atoms with van der Waals surface area (Å²) in [7, 11) is 0.